The number of hydrogen-bond acceptors (Lipinski definition) is 6. The second-order valence-electron chi connectivity index (χ2n) is 10.8. The van der Waals surface area contributed by atoms with Crippen molar-refractivity contribution >= 4 is 34.3 Å². The SMILES string of the molecule is CN(c1ccc(F)cc1)c1c(/C=C/[C@@H](O)C[C@@H](O)CC(=O)OC(C)(C)C)c(C2CC2)nc2ccc(F)cc12. The van der Waals surface area contributed by atoms with Crippen molar-refractivity contribution in [1.82, 2.24) is 4.98 Å². The van der Waals surface area contributed by atoms with Gasteiger partial charge in [-0.2, -0.15) is 0 Å². The van der Waals surface area contributed by atoms with E-state index in [9.17, 15) is 23.8 Å². The fraction of sp³-hybridized carbons (Fsp3) is 0.400. The van der Waals surface area contributed by atoms with Gasteiger partial charge in [0.2, 0.25) is 0 Å². The highest BCUT2D eigenvalue weighted by molar-refractivity contribution is 5.99. The van der Waals surface area contributed by atoms with Gasteiger partial charge < -0.3 is 19.8 Å². The van der Waals surface area contributed by atoms with Gasteiger partial charge in [0.05, 0.1) is 35.5 Å². The van der Waals surface area contributed by atoms with E-state index in [0.29, 0.717) is 22.3 Å². The summed E-state index contributed by atoms with van der Waals surface area (Å²) in [4.78, 5) is 18.7. The van der Waals surface area contributed by atoms with Gasteiger partial charge in [0.1, 0.15) is 17.2 Å². The molecule has 2 aromatic carbocycles. The first-order chi connectivity index (χ1) is 17.9. The van der Waals surface area contributed by atoms with Crippen LogP contribution in [0.25, 0.3) is 17.0 Å². The van der Waals surface area contributed by atoms with Gasteiger partial charge in [0, 0.05) is 36.0 Å². The summed E-state index contributed by atoms with van der Waals surface area (Å²) < 4.78 is 33.3. The summed E-state index contributed by atoms with van der Waals surface area (Å²) in [6.07, 6.45) is 2.80. The van der Waals surface area contributed by atoms with Crippen LogP contribution >= 0.6 is 0 Å². The molecule has 4 rings (SSSR count). The number of aliphatic hydroxyl groups is 2. The molecule has 1 aliphatic rings. The monoisotopic (exact) mass is 524 g/mol. The van der Waals surface area contributed by atoms with Crippen molar-refractivity contribution in [3.8, 4) is 0 Å². The second kappa shape index (κ2) is 11.2. The van der Waals surface area contributed by atoms with Crippen molar-refractivity contribution in [2.24, 2.45) is 0 Å². The van der Waals surface area contributed by atoms with Crippen molar-refractivity contribution in [3.63, 3.8) is 0 Å². The third kappa shape index (κ3) is 6.94. The van der Waals surface area contributed by atoms with Crippen LogP contribution < -0.4 is 4.90 Å². The molecule has 0 saturated heterocycles. The van der Waals surface area contributed by atoms with Crippen LogP contribution in [0.5, 0.6) is 0 Å². The van der Waals surface area contributed by atoms with Gasteiger partial charge in [-0.1, -0.05) is 12.2 Å². The number of aliphatic hydroxyl groups excluding tert-OH is 2. The molecule has 0 unspecified atom stereocenters. The van der Waals surface area contributed by atoms with E-state index in [4.69, 9.17) is 9.72 Å². The molecule has 0 amide bonds. The topological polar surface area (TPSA) is 82.9 Å². The molecular formula is C30H34F2N2O4. The normalized spacial score (nSPS) is 15.6. The molecule has 38 heavy (non-hydrogen) atoms. The maximum Gasteiger partial charge on any atom is 0.308 e. The fourth-order valence-corrected chi connectivity index (χ4v) is 4.46. The average molecular weight is 525 g/mol. The average Bonchev–Trinajstić information content (AvgIpc) is 3.66. The number of pyridine rings is 1. The van der Waals surface area contributed by atoms with Crippen LogP contribution in [0.4, 0.5) is 20.2 Å². The Bertz CT molecular complexity index is 1330. The van der Waals surface area contributed by atoms with E-state index in [0.717, 1.165) is 24.1 Å². The van der Waals surface area contributed by atoms with Gasteiger partial charge in [-0.3, -0.25) is 9.78 Å². The van der Waals surface area contributed by atoms with E-state index in [-0.39, 0.29) is 24.6 Å². The van der Waals surface area contributed by atoms with Crippen LogP contribution in [-0.4, -0.2) is 46.0 Å². The summed E-state index contributed by atoms with van der Waals surface area (Å²) in [5.74, 6) is -1.08. The van der Waals surface area contributed by atoms with Gasteiger partial charge >= 0.3 is 5.97 Å². The zero-order valence-electron chi connectivity index (χ0n) is 22.1. The molecule has 2 atom stereocenters. The standard InChI is InChI=1S/C30H34F2N2O4/c1-30(2,3)38-27(37)17-23(36)16-22(35)12-13-24-28(18-5-6-18)33-26-14-9-20(32)15-25(26)29(24)34(4)21-10-7-19(31)8-11-21/h7-15,18,22-23,35-36H,5-6,16-17H2,1-4H3/b13-12+/t22-,23-/m1/s1. The van der Waals surface area contributed by atoms with Crippen LogP contribution in [-0.2, 0) is 9.53 Å². The molecule has 2 N–H and O–H groups in total. The summed E-state index contributed by atoms with van der Waals surface area (Å²) in [5, 5.41) is 21.6. The lowest BCUT2D eigenvalue weighted by molar-refractivity contribution is -0.157. The third-order valence-corrected chi connectivity index (χ3v) is 6.32. The zero-order valence-corrected chi connectivity index (χ0v) is 22.1. The molecule has 0 spiro atoms. The van der Waals surface area contributed by atoms with Gasteiger partial charge in [-0.25, -0.2) is 8.78 Å². The van der Waals surface area contributed by atoms with Gasteiger partial charge in [-0.05, 0) is 76.1 Å². The maximum absolute atomic E-state index is 14.4. The number of rotatable bonds is 9. The Morgan fingerprint density at radius 3 is 2.42 bits per heavy atom. The number of anilines is 2. The summed E-state index contributed by atoms with van der Waals surface area (Å²) >= 11 is 0. The second-order valence-corrected chi connectivity index (χ2v) is 10.8. The molecule has 8 heteroatoms. The minimum absolute atomic E-state index is 0.0622. The van der Waals surface area contributed by atoms with Crippen molar-refractivity contribution in [2.45, 2.75) is 70.2 Å². The molecule has 202 valence electrons. The Morgan fingerprint density at radius 1 is 1.13 bits per heavy atom. The lowest BCUT2D eigenvalue weighted by Gasteiger charge is -2.25. The van der Waals surface area contributed by atoms with Gasteiger partial charge in [0.25, 0.3) is 0 Å². The predicted octanol–water partition coefficient (Wildman–Crippen LogP) is 6.02. The third-order valence-electron chi connectivity index (χ3n) is 6.32. The minimum atomic E-state index is -1.09. The Hall–Kier alpha value is -3.36. The Labute approximate surface area is 221 Å². The van der Waals surface area contributed by atoms with E-state index in [1.54, 1.807) is 51.1 Å². The van der Waals surface area contributed by atoms with E-state index >= 15 is 0 Å². The highest BCUT2D eigenvalue weighted by atomic mass is 19.1. The number of aromatic nitrogens is 1. The zero-order chi connectivity index (χ0) is 27.6. The molecule has 1 saturated carbocycles. The smallest absolute Gasteiger partial charge is 0.308 e. The number of carbonyl (C=O) groups is 1. The molecule has 3 aromatic rings. The van der Waals surface area contributed by atoms with Gasteiger partial charge in [-0.15, -0.1) is 0 Å². The molecule has 6 nitrogen and oxygen atoms in total. The fourth-order valence-electron chi connectivity index (χ4n) is 4.46. The lowest BCUT2D eigenvalue weighted by atomic mass is 9.99. The van der Waals surface area contributed by atoms with Crippen molar-refractivity contribution < 1.29 is 28.5 Å². The molecule has 0 bridgehead atoms. The Kier molecular flexibility index (Phi) is 8.13. The lowest BCUT2D eigenvalue weighted by Crippen LogP contribution is -2.27. The summed E-state index contributed by atoms with van der Waals surface area (Å²) in [6.45, 7) is 5.24. The van der Waals surface area contributed by atoms with E-state index in [2.05, 4.69) is 0 Å². The van der Waals surface area contributed by atoms with E-state index < -0.39 is 29.6 Å². The number of benzene rings is 2. The predicted molar refractivity (Wildman–Crippen MR) is 144 cm³/mol. The Balaban J connectivity index is 1.68. The largest absolute Gasteiger partial charge is 0.460 e. The molecule has 1 heterocycles. The van der Waals surface area contributed by atoms with Crippen molar-refractivity contribution in [2.75, 3.05) is 11.9 Å². The van der Waals surface area contributed by atoms with Crippen molar-refractivity contribution in [3.05, 3.63) is 71.4 Å². The first-order valence-electron chi connectivity index (χ1n) is 12.8. The maximum atomic E-state index is 14.4. The van der Waals surface area contributed by atoms with Gasteiger partial charge in [0.15, 0.2) is 0 Å². The molecule has 1 fully saturated rings. The molecule has 1 aromatic heterocycles. The number of esters is 1. The highest BCUT2D eigenvalue weighted by Gasteiger charge is 2.30. The minimum Gasteiger partial charge on any atom is -0.460 e. The van der Waals surface area contributed by atoms with Crippen LogP contribution in [0, 0.1) is 11.6 Å². The highest BCUT2D eigenvalue weighted by Crippen LogP contribution is 2.46. The molecule has 0 radical (unpaired) electrons. The molecule has 0 aliphatic heterocycles. The number of nitrogens with zero attached hydrogens (tertiary/aromatic N) is 2. The first-order valence-corrected chi connectivity index (χ1v) is 12.8. The summed E-state index contributed by atoms with van der Waals surface area (Å²) in [5.41, 5.74) is 2.92. The summed E-state index contributed by atoms with van der Waals surface area (Å²) in [7, 11) is 1.82. The van der Waals surface area contributed by atoms with Crippen molar-refractivity contribution in [1.29, 1.82) is 0 Å². The van der Waals surface area contributed by atoms with Crippen LogP contribution in [0.1, 0.15) is 63.6 Å². The summed E-state index contributed by atoms with van der Waals surface area (Å²) in [6, 6.07) is 10.5. The van der Waals surface area contributed by atoms with E-state index in [1.165, 1.54) is 24.3 Å². The van der Waals surface area contributed by atoms with E-state index in [1.807, 2.05) is 11.9 Å². The number of halogens is 2. The van der Waals surface area contributed by atoms with Crippen LogP contribution in [0.2, 0.25) is 0 Å². The number of fused-ring (bicyclic) bond motifs is 1. The quantitative estimate of drug-likeness (QED) is 0.334. The van der Waals surface area contributed by atoms with Crippen LogP contribution in [0.15, 0.2) is 48.5 Å². The first kappa shape index (κ1) is 27.7. The molecule has 1 aliphatic carbocycles. The Morgan fingerprint density at radius 2 is 1.79 bits per heavy atom. The number of carbonyl (C=O) groups excluding carboxylic acids is 1. The number of ether oxygens (including phenoxy) is 1. The van der Waals surface area contributed by atoms with Crippen LogP contribution in [0.3, 0.4) is 0 Å². The number of hydrogen-bond donors (Lipinski definition) is 2. The molecular weight excluding hydrogens is 490 g/mol.